The summed E-state index contributed by atoms with van der Waals surface area (Å²) in [5.74, 6) is -1.14. The number of halogens is 1. The number of hydrogen-bond acceptors (Lipinski definition) is 6. The number of fused-ring (bicyclic) bond motifs is 1. The van der Waals surface area contributed by atoms with Gasteiger partial charge in [0.1, 0.15) is 11.2 Å². The summed E-state index contributed by atoms with van der Waals surface area (Å²) < 4.78 is 21.9. The van der Waals surface area contributed by atoms with Gasteiger partial charge in [-0.15, -0.1) is 0 Å². The largest absolute Gasteiger partial charge is 0.462 e. The number of aromatic nitrogens is 2. The second-order valence-electron chi connectivity index (χ2n) is 7.40. The number of anilines is 1. The summed E-state index contributed by atoms with van der Waals surface area (Å²) in [5, 5.41) is 0.0818. The maximum atomic E-state index is 14.9. The topological polar surface area (TPSA) is 84.7 Å². The van der Waals surface area contributed by atoms with E-state index < -0.39 is 17.2 Å². The highest BCUT2D eigenvalue weighted by molar-refractivity contribution is 5.95. The van der Waals surface area contributed by atoms with Gasteiger partial charge in [0, 0.05) is 37.9 Å². The molecule has 0 atom stereocenters. The molecule has 8 nitrogen and oxygen atoms in total. The second kappa shape index (κ2) is 7.46. The molecule has 0 N–H and O–H groups in total. The van der Waals surface area contributed by atoms with E-state index in [2.05, 4.69) is 4.98 Å². The maximum absolute atomic E-state index is 14.9. The predicted octanol–water partition coefficient (Wildman–Crippen LogP) is 1.63. The van der Waals surface area contributed by atoms with Crippen molar-refractivity contribution in [2.75, 3.05) is 37.7 Å². The maximum Gasteiger partial charge on any atom is 0.343 e. The first kappa shape index (κ1) is 19.4. The van der Waals surface area contributed by atoms with Gasteiger partial charge in [-0.2, -0.15) is 0 Å². The van der Waals surface area contributed by atoms with Crippen LogP contribution in [-0.2, 0) is 9.53 Å². The molecule has 154 valence electrons. The highest BCUT2D eigenvalue weighted by Gasteiger charge is 2.32. The van der Waals surface area contributed by atoms with E-state index in [1.54, 1.807) is 23.6 Å². The van der Waals surface area contributed by atoms with Gasteiger partial charge in [-0.3, -0.25) is 9.59 Å². The molecular formula is C20H23FN4O4. The summed E-state index contributed by atoms with van der Waals surface area (Å²) in [6.45, 7) is 5.42. The molecule has 1 saturated carbocycles. The number of esters is 1. The lowest BCUT2D eigenvalue weighted by atomic mass is 10.1. The predicted molar refractivity (Wildman–Crippen MR) is 105 cm³/mol. The fourth-order valence-corrected chi connectivity index (χ4v) is 3.88. The lowest BCUT2D eigenvalue weighted by Gasteiger charge is -2.33. The zero-order chi connectivity index (χ0) is 20.7. The van der Waals surface area contributed by atoms with Gasteiger partial charge in [0.2, 0.25) is 11.8 Å². The number of rotatable bonds is 5. The Morgan fingerprint density at radius 3 is 2.59 bits per heavy atom. The number of carbonyl (C=O) groups excluding carboxylic acids is 2. The fraction of sp³-hybridized carbons (Fsp3) is 0.500. The van der Waals surface area contributed by atoms with Gasteiger partial charge in [0.25, 0.3) is 0 Å². The van der Waals surface area contributed by atoms with Crippen LogP contribution in [0.5, 0.6) is 0 Å². The number of carbonyl (C=O) groups is 2. The van der Waals surface area contributed by atoms with Crippen molar-refractivity contribution < 1.29 is 18.7 Å². The van der Waals surface area contributed by atoms with E-state index in [9.17, 15) is 18.8 Å². The monoisotopic (exact) mass is 402 g/mol. The normalized spacial score (nSPS) is 16.9. The molecule has 29 heavy (non-hydrogen) atoms. The molecule has 2 aromatic heterocycles. The van der Waals surface area contributed by atoms with Crippen LogP contribution in [0.15, 0.2) is 10.9 Å². The van der Waals surface area contributed by atoms with Crippen LogP contribution in [0.2, 0.25) is 0 Å². The highest BCUT2D eigenvalue weighted by Crippen LogP contribution is 2.38. The number of hydrogen-bond donors (Lipinski definition) is 0. The average Bonchev–Trinajstić information content (AvgIpc) is 3.54. The molecule has 0 spiro atoms. The SMILES string of the molecule is CCOC(=O)c1c(C)n(C2CC2)c2nc(N3CCN(C=O)CC3)c(F)cc2c1=O. The summed E-state index contributed by atoms with van der Waals surface area (Å²) in [7, 11) is 0. The Morgan fingerprint density at radius 1 is 1.31 bits per heavy atom. The Morgan fingerprint density at radius 2 is 2.00 bits per heavy atom. The molecular weight excluding hydrogens is 379 g/mol. The van der Waals surface area contributed by atoms with E-state index in [4.69, 9.17) is 4.74 Å². The summed E-state index contributed by atoms with van der Waals surface area (Å²) >= 11 is 0. The van der Waals surface area contributed by atoms with E-state index in [1.807, 2.05) is 4.57 Å². The highest BCUT2D eigenvalue weighted by atomic mass is 19.1. The standard InChI is InChI=1S/C20H23FN4O4/c1-3-29-20(28)16-12(2)25(13-4-5-13)18-14(17(16)27)10-15(21)19(22-18)24-8-6-23(11-26)7-9-24/h10-11,13H,3-9H2,1-2H3. The first-order valence-electron chi connectivity index (χ1n) is 9.83. The Hall–Kier alpha value is -2.97. The Balaban J connectivity index is 1.87. The van der Waals surface area contributed by atoms with Gasteiger partial charge in [-0.05, 0) is 32.8 Å². The number of ether oxygens (including phenoxy) is 1. The van der Waals surface area contributed by atoms with Crippen molar-refractivity contribution in [3.63, 3.8) is 0 Å². The molecule has 3 heterocycles. The number of pyridine rings is 2. The van der Waals surface area contributed by atoms with Gasteiger partial charge in [0.05, 0.1) is 12.0 Å². The Kier molecular flexibility index (Phi) is 4.97. The number of piperazine rings is 1. The van der Waals surface area contributed by atoms with Crippen molar-refractivity contribution in [2.24, 2.45) is 0 Å². The van der Waals surface area contributed by atoms with Crippen LogP contribution in [0, 0.1) is 12.7 Å². The van der Waals surface area contributed by atoms with Crippen LogP contribution < -0.4 is 10.3 Å². The van der Waals surface area contributed by atoms with Gasteiger partial charge in [-0.25, -0.2) is 14.2 Å². The molecule has 1 aliphatic heterocycles. The van der Waals surface area contributed by atoms with Crippen LogP contribution in [0.4, 0.5) is 10.2 Å². The third kappa shape index (κ3) is 3.34. The van der Waals surface area contributed by atoms with Gasteiger partial charge < -0.3 is 19.1 Å². The van der Waals surface area contributed by atoms with Crippen molar-refractivity contribution in [3.8, 4) is 0 Å². The molecule has 0 unspecified atom stereocenters. The summed E-state index contributed by atoms with van der Waals surface area (Å²) in [6.07, 6.45) is 2.60. The minimum atomic E-state index is -0.694. The Bertz CT molecular complexity index is 1040. The van der Waals surface area contributed by atoms with Crippen molar-refractivity contribution in [3.05, 3.63) is 33.4 Å². The van der Waals surface area contributed by atoms with Crippen molar-refractivity contribution in [2.45, 2.75) is 32.7 Å². The summed E-state index contributed by atoms with van der Waals surface area (Å²) in [5.41, 5.74) is 0.271. The van der Waals surface area contributed by atoms with E-state index >= 15 is 0 Å². The summed E-state index contributed by atoms with van der Waals surface area (Å²) in [4.78, 5) is 44.3. The molecule has 4 rings (SSSR count). The quantitative estimate of drug-likeness (QED) is 0.558. The zero-order valence-electron chi connectivity index (χ0n) is 16.5. The third-order valence-corrected chi connectivity index (χ3v) is 5.51. The van der Waals surface area contributed by atoms with Crippen LogP contribution >= 0.6 is 0 Å². The second-order valence-corrected chi connectivity index (χ2v) is 7.40. The lowest BCUT2D eigenvalue weighted by Crippen LogP contribution is -2.46. The van der Waals surface area contributed by atoms with Crippen molar-refractivity contribution >= 4 is 29.2 Å². The first-order valence-corrected chi connectivity index (χ1v) is 9.83. The molecule has 2 aliphatic rings. The van der Waals surface area contributed by atoms with E-state index in [-0.39, 0.29) is 29.4 Å². The lowest BCUT2D eigenvalue weighted by molar-refractivity contribution is -0.118. The van der Waals surface area contributed by atoms with E-state index in [1.165, 1.54) is 6.07 Å². The number of amides is 1. The van der Waals surface area contributed by atoms with Crippen LogP contribution in [-0.4, -0.2) is 59.6 Å². The summed E-state index contributed by atoms with van der Waals surface area (Å²) in [6, 6.07) is 1.30. The van der Waals surface area contributed by atoms with Crippen molar-refractivity contribution in [1.82, 2.24) is 14.5 Å². The van der Waals surface area contributed by atoms with Crippen molar-refractivity contribution in [1.29, 1.82) is 0 Å². The van der Waals surface area contributed by atoms with E-state index in [0.717, 1.165) is 19.3 Å². The molecule has 1 saturated heterocycles. The molecule has 0 radical (unpaired) electrons. The molecule has 0 bridgehead atoms. The minimum absolute atomic E-state index is 0.0557. The fourth-order valence-electron chi connectivity index (χ4n) is 3.88. The molecule has 1 aliphatic carbocycles. The molecule has 1 amide bonds. The van der Waals surface area contributed by atoms with Crippen LogP contribution in [0.3, 0.4) is 0 Å². The van der Waals surface area contributed by atoms with Gasteiger partial charge >= 0.3 is 5.97 Å². The van der Waals surface area contributed by atoms with E-state index in [0.29, 0.717) is 37.5 Å². The van der Waals surface area contributed by atoms with Crippen LogP contribution in [0.25, 0.3) is 11.0 Å². The van der Waals surface area contributed by atoms with Gasteiger partial charge in [-0.1, -0.05) is 0 Å². The van der Waals surface area contributed by atoms with Crippen LogP contribution in [0.1, 0.15) is 41.9 Å². The van der Waals surface area contributed by atoms with Gasteiger partial charge in [0.15, 0.2) is 11.6 Å². The molecule has 0 aromatic carbocycles. The molecule has 2 fully saturated rings. The Labute approximate surface area is 166 Å². The molecule has 2 aromatic rings. The average molecular weight is 402 g/mol. The smallest absolute Gasteiger partial charge is 0.343 e. The zero-order valence-corrected chi connectivity index (χ0v) is 16.5. The number of nitrogens with zero attached hydrogens (tertiary/aromatic N) is 4. The third-order valence-electron chi connectivity index (χ3n) is 5.51. The minimum Gasteiger partial charge on any atom is -0.462 e. The molecule has 9 heteroatoms. The first-order chi connectivity index (χ1) is 14.0.